The van der Waals surface area contributed by atoms with Crippen LogP contribution in [0.5, 0.6) is 0 Å². The van der Waals surface area contributed by atoms with Crippen LogP contribution in [0, 0.1) is 0 Å². The lowest BCUT2D eigenvalue weighted by Crippen LogP contribution is -2.30. The minimum absolute atomic E-state index is 0.0767. The van der Waals surface area contributed by atoms with Crippen LogP contribution in [0.4, 0.5) is 0 Å². The molecule has 0 saturated carbocycles. The van der Waals surface area contributed by atoms with Crippen molar-refractivity contribution < 1.29 is 28.6 Å². The first kappa shape index (κ1) is 62.1. The maximum absolute atomic E-state index is 12.8. The Hall–Kier alpha value is -2.89. The number of hydrogen-bond acceptors (Lipinski definition) is 6. The molecule has 65 heavy (non-hydrogen) atoms. The minimum Gasteiger partial charge on any atom is -0.462 e. The molecule has 0 aliphatic carbocycles. The van der Waals surface area contributed by atoms with Crippen molar-refractivity contribution in [2.75, 3.05) is 13.2 Å². The summed E-state index contributed by atoms with van der Waals surface area (Å²) >= 11 is 0. The highest BCUT2D eigenvalue weighted by Gasteiger charge is 2.19. The van der Waals surface area contributed by atoms with E-state index in [1.54, 1.807) is 0 Å². The maximum Gasteiger partial charge on any atom is 0.306 e. The highest BCUT2D eigenvalue weighted by Crippen LogP contribution is 2.15. The summed E-state index contributed by atoms with van der Waals surface area (Å²) in [6, 6.07) is 0. The third-order valence-corrected chi connectivity index (χ3v) is 12.0. The van der Waals surface area contributed by atoms with E-state index in [0.29, 0.717) is 19.3 Å². The largest absolute Gasteiger partial charge is 0.462 e. The monoisotopic (exact) mass is 909 g/mol. The fourth-order valence-electron chi connectivity index (χ4n) is 7.84. The molecule has 0 fully saturated rings. The van der Waals surface area contributed by atoms with E-state index in [-0.39, 0.29) is 31.1 Å². The normalized spacial score (nSPS) is 12.5. The highest BCUT2D eigenvalue weighted by atomic mass is 16.6. The summed E-state index contributed by atoms with van der Waals surface area (Å²) < 4.78 is 16.8. The van der Waals surface area contributed by atoms with Crippen molar-refractivity contribution in [2.45, 2.75) is 284 Å². The molecule has 0 heterocycles. The lowest BCUT2D eigenvalue weighted by Gasteiger charge is -2.18. The van der Waals surface area contributed by atoms with Crippen LogP contribution in [0.1, 0.15) is 278 Å². The number of allylic oxidation sites excluding steroid dienone is 10. The average molecular weight is 909 g/mol. The first-order chi connectivity index (χ1) is 32.0. The summed E-state index contributed by atoms with van der Waals surface area (Å²) in [6.45, 7) is 6.50. The van der Waals surface area contributed by atoms with Crippen molar-refractivity contribution >= 4 is 17.9 Å². The van der Waals surface area contributed by atoms with Gasteiger partial charge in [-0.1, -0.05) is 236 Å². The molecule has 1 unspecified atom stereocenters. The van der Waals surface area contributed by atoms with Crippen LogP contribution in [-0.4, -0.2) is 37.2 Å². The second kappa shape index (κ2) is 53.7. The number of carbonyl (C=O) groups excluding carboxylic acids is 3. The van der Waals surface area contributed by atoms with Crippen molar-refractivity contribution in [2.24, 2.45) is 0 Å². The van der Waals surface area contributed by atoms with Gasteiger partial charge in [-0.2, -0.15) is 0 Å². The van der Waals surface area contributed by atoms with Crippen LogP contribution in [0.15, 0.2) is 60.8 Å². The van der Waals surface area contributed by atoms with Crippen LogP contribution in [0.25, 0.3) is 0 Å². The molecule has 0 saturated heterocycles. The fraction of sp³-hybridized carbons (Fsp3) is 0.780. The molecule has 0 aliphatic heterocycles. The summed E-state index contributed by atoms with van der Waals surface area (Å²) in [4.78, 5) is 37.9. The van der Waals surface area contributed by atoms with Crippen molar-refractivity contribution in [1.29, 1.82) is 0 Å². The van der Waals surface area contributed by atoms with E-state index < -0.39 is 6.10 Å². The molecule has 0 aromatic rings. The first-order valence-electron chi connectivity index (χ1n) is 27.8. The predicted octanol–water partition coefficient (Wildman–Crippen LogP) is 18.4. The van der Waals surface area contributed by atoms with Crippen molar-refractivity contribution in [3.63, 3.8) is 0 Å². The second-order valence-corrected chi connectivity index (χ2v) is 18.5. The van der Waals surface area contributed by atoms with Gasteiger partial charge in [0.1, 0.15) is 13.2 Å². The van der Waals surface area contributed by atoms with Gasteiger partial charge in [0.2, 0.25) is 0 Å². The Morgan fingerprint density at radius 3 is 0.954 bits per heavy atom. The zero-order valence-corrected chi connectivity index (χ0v) is 43.0. The van der Waals surface area contributed by atoms with E-state index in [0.717, 1.165) is 89.9 Å². The molecule has 0 aliphatic rings. The molecular weight excluding hydrogens is 805 g/mol. The molecule has 6 heteroatoms. The first-order valence-corrected chi connectivity index (χ1v) is 27.8. The van der Waals surface area contributed by atoms with Gasteiger partial charge < -0.3 is 14.2 Å². The van der Waals surface area contributed by atoms with Crippen LogP contribution in [-0.2, 0) is 28.6 Å². The maximum atomic E-state index is 12.8. The van der Waals surface area contributed by atoms with Gasteiger partial charge in [-0.05, 0) is 83.5 Å². The number of esters is 3. The van der Waals surface area contributed by atoms with Crippen LogP contribution in [0.3, 0.4) is 0 Å². The number of unbranched alkanes of at least 4 members (excludes halogenated alkanes) is 29. The van der Waals surface area contributed by atoms with Gasteiger partial charge in [-0.15, -0.1) is 0 Å². The van der Waals surface area contributed by atoms with Crippen molar-refractivity contribution in [3.05, 3.63) is 60.8 Å². The standard InChI is InChI=1S/C59H104O6/c1-4-7-10-13-16-19-21-23-25-27-28-29-30-31-32-33-35-36-38-40-43-46-49-52-58(61)64-55-56(54-63-57(60)51-48-45-42-18-15-12-9-6-3)65-59(62)53-50-47-44-41-39-37-34-26-24-22-20-17-14-11-8-5-2/h7,10,16,19,23,25-26,28-29,34,56H,4-6,8-9,11-15,17-18,20-22,24,27,30-33,35-55H2,1-3H3/b10-7-,19-16-,25-23-,29-28-,34-26-. The Balaban J connectivity index is 4.23. The van der Waals surface area contributed by atoms with Gasteiger partial charge in [0.05, 0.1) is 0 Å². The third kappa shape index (κ3) is 51.9. The van der Waals surface area contributed by atoms with E-state index in [9.17, 15) is 14.4 Å². The predicted molar refractivity (Wildman–Crippen MR) is 279 cm³/mol. The van der Waals surface area contributed by atoms with E-state index in [1.807, 2.05) is 0 Å². The number of ether oxygens (including phenoxy) is 3. The quantitative estimate of drug-likeness (QED) is 0.0262. The Morgan fingerprint density at radius 1 is 0.323 bits per heavy atom. The minimum atomic E-state index is -0.776. The molecule has 0 aromatic heterocycles. The molecule has 0 amide bonds. The Kier molecular flexibility index (Phi) is 51.3. The van der Waals surface area contributed by atoms with Crippen molar-refractivity contribution in [1.82, 2.24) is 0 Å². The smallest absolute Gasteiger partial charge is 0.306 e. The molecule has 0 spiro atoms. The van der Waals surface area contributed by atoms with E-state index >= 15 is 0 Å². The van der Waals surface area contributed by atoms with Gasteiger partial charge in [0, 0.05) is 19.3 Å². The van der Waals surface area contributed by atoms with Gasteiger partial charge >= 0.3 is 17.9 Å². The Labute approximate surface area is 402 Å². The molecule has 0 aromatic carbocycles. The summed E-state index contributed by atoms with van der Waals surface area (Å²) in [6.07, 6.45) is 66.5. The van der Waals surface area contributed by atoms with E-state index in [2.05, 4.69) is 81.5 Å². The molecule has 1 atom stereocenters. The number of rotatable bonds is 50. The van der Waals surface area contributed by atoms with Gasteiger partial charge in [-0.25, -0.2) is 0 Å². The lowest BCUT2D eigenvalue weighted by atomic mass is 10.1. The number of hydrogen-bond donors (Lipinski definition) is 0. The van der Waals surface area contributed by atoms with Gasteiger partial charge in [-0.3, -0.25) is 14.4 Å². The van der Waals surface area contributed by atoms with Gasteiger partial charge in [0.15, 0.2) is 6.10 Å². The molecule has 0 radical (unpaired) electrons. The summed E-state index contributed by atoms with van der Waals surface area (Å²) in [5.74, 6) is -0.886. The molecule has 0 bridgehead atoms. The lowest BCUT2D eigenvalue weighted by molar-refractivity contribution is -0.167. The molecule has 0 rings (SSSR count). The number of carbonyl (C=O) groups is 3. The van der Waals surface area contributed by atoms with Crippen LogP contribution >= 0.6 is 0 Å². The molecule has 0 N–H and O–H groups in total. The molecule has 376 valence electrons. The topological polar surface area (TPSA) is 78.9 Å². The molecule has 6 nitrogen and oxygen atoms in total. The zero-order chi connectivity index (χ0) is 47.2. The SMILES string of the molecule is CC/C=C\C/C=C\C/C=C\C/C=C\CCCCCCCCCCCCC(=O)OCC(COC(=O)CCCCCCCCCC)OC(=O)CCCCCCC/C=C\CCCCCCCCC. The summed E-state index contributed by atoms with van der Waals surface area (Å²) in [5, 5.41) is 0. The van der Waals surface area contributed by atoms with E-state index in [4.69, 9.17) is 14.2 Å². The highest BCUT2D eigenvalue weighted by molar-refractivity contribution is 5.71. The summed E-state index contributed by atoms with van der Waals surface area (Å²) in [5.41, 5.74) is 0. The fourth-order valence-corrected chi connectivity index (χ4v) is 7.84. The van der Waals surface area contributed by atoms with Gasteiger partial charge in [0.25, 0.3) is 0 Å². The third-order valence-electron chi connectivity index (χ3n) is 12.0. The van der Waals surface area contributed by atoms with Crippen molar-refractivity contribution in [3.8, 4) is 0 Å². The van der Waals surface area contributed by atoms with E-state index in [1.165, 1.54) is 148 Å². The Morgan fingerprint density at radius 2 is 0.600 bits per heavy atom. The molecular formula is C59H104O6. The van der Waals surface area contributed by atoms with Crippen LogP contribution < -0.4 is 0 Å². The Bertz CT molecular complexity index is 1180. The van der Waals surface area contributed by atoms with Crippen LogP contribution in [0.2, 0.25) is 0 Å². The summed E-state index contributed by atoms with van der Waals surface area (Å²) in [7, 11) is 0. The zero-order valence-electron chi connectivity index (χ0n) is 43.0. The average Bonchev–Trinajstić information content (AvgIpc) is 3.30. The second-order valence-electron chi connectivity index (χ2n) is 18.5.